The Morgan fingerprint density at radius 3 is 1.44 bits per heavy atom. The standard InChI is InChI=1S/C95H129N25O25S2/c1-4-52(2)82(114-94(144)83(53(3)121)115-90(140)64(33-54-40-101-61-18-10-7-15-58(54)61)105-76(124)22-6-5-13-23-100-77(125)44-116-25-27-117(45-79(128)129)29-31-119(47-81(132)133)32-30-118(28-26-116)46-80(130)131)93(143)113-72-49-147-51-146-48-71(92(142)111-70(95(145)120-24-14-21-73(120)84(98)134)35-56-42-103-63-20-12-9-17-60(56)63)112-89(139)69(39-78(126)127)110-86(136)66(36-57-43-99-50-104-57)107-85(135)65(34-55-41-102-62-19-11-8-16-59(55)62)106-87(137)67(37-74(96)122)108-88(138)68(38-75(97)123)109-91(72)141/h7-12,15-20,40-43,50,52-53,64-73,82-83,101-103,121H,4-6,13-14,21-39,44-49,51H2,1-3H3,(H2,96,122)(H2,97,123)(H2,98,134)(H,99,104)(H,100,125)(H,105,124)(H,106,137)(H,107,135)(H,108,138)(H,109,141)(H,110,136)(H,111,142)(H,112,139)(H,113,143)(H,114,144)(H,115,140)(H,126,127)(H,128,129)(H,130,131)(H,132,133)/t52-,53+,64-,65-,66-,67-,68-,69-,70-,71-,72-,73-,82-,83-/m0/s1. The van der Waals surface area contributed by atoms with Crippen LogP contribution >= 0.6 is 23.5 Å². The molecule has 796 valence electrons. The number of unbranched alkanes of at least 4 members (excludes halogenated alkanes) is 2. The number of hydrogen-bond donors (Lipinski definition) is 24. The first-order valence-electron chi connectivity index (χ1n) is 48.2. The SMILES string of the molecule is CC[C@H](C)[C@H](NC(=O)[C@@H](NC(=O)[C@H](Cc1c[nH]c2ccccc12)NC(=O)CCCCCNC(=O)CN1CCN(CC(=O)O)CCN(CC(=O)O)CCN(CC(=O)O)CC1)[C@@H](C)O)C(=O)N[C@H]1CSCSC[C@@H](C(=O)N[C@@H](Cc2c[nH]c3ccccc23)C(=O)N2CCC[C@H]2C(N)=O)NC(=O)[C@H](CC(=O)O)NC(=O)[C@H](Cc2cnc[nH]2)NC(=O)[C@H](Cc2c[nH]c3ccccc23)NC(=O)[C@H](CC(N)=O)NC(=O)[C@H](CC(N)=O)NC1=O. The van der Waals surface area contributed by atoms with Gasteiger partial charge in [-0.15, -0.1) is 23.5 Å². The quantitative estimate of drug-likeness (QED) is 0.0160. The van der Waals surface area contributed by atoms with Gasteiger partial charge in [0.2, 0.25) is 94.5 Å². The number of nitrogens with zero attached hydrogens (tertiary/aromatic N) is 6. The lowest BCUT2D eigenvalue weighted by Crippen LogP contribution is -2.63. The number of hydrogen-bond acceptors (Lipinski definition) is 28. The molecular formula is C95H129N25O25S2. The van der Waals surface area contributed by atoms with Gasteiger partial charge in [-0.3, -0.25) is 115 Å². The maximum atomic E-state index is 15.4. The fourth-order valence-electron chi connectivity index (χ4n) is 17.4. The van der Waals surface area contributed by atoms with Gasteiger partial charge in [-0.1, -0.05) is 81.3 Å². The number of H-pyrrole nitrogens is 4. The summed E-state index contributed by atoms with van der Waals surface area (Å²) in [5, 5.41) is 83.3. The van der Waals surface area contributed by atoms with E-state index < -0.39 is 247 Å². The number of aromatic amines is 4. The van der Waals surface area contributed by atoms with Crippen molar-refractivity contribution in [3.8, 4) is 0 Å². The molecule has 0 spiro atoms. The van der Waals surface area contributed by atoms with Crippen LogP contribution in [0.3, 0.4) is 0 Å². The van der Waals surface area contributed by atoms with Crippen LogP contribution in [0.25, 0.3) is 32.7 Å². The predicted octanol–water partition coefficient (Wildman–Crippen LogP) is -4.82. The Hall–Kier alpha value is -14.6. The molecular weight excluding hydrogens is 1960 g/mol. The van der Waals surface area contributed by atoms with Crippen LogP contribution < -0.4 is 81.0 Å². The van der Waals surface area contributed by atoms with Gasteiger partial charge >= 0.3 is 23.9 Å². The summed E-state index contributed by atoms with van der Waals surface area (Å²) in [5.41, 5.74) is 20.8. The molecule has 52 heteroatoms. The molecule has 0 unspecified atom stereocenters. The van der Waals surface area contributed by atoms with Crippen LogP contribution in [-0.4, -0.2) is 380 Å². The normalized spacial score (nSPS) is 20.8. The van der Waals surface area contributed by atoms with E-state index in [2.05, 4.69) is 88.7 Å². The zero-order chi connectivity index (χ0) is 107. The number of aliphatic hydroxyl groups is 1. The maximum Gasteiger partial charge on any atom is 0.317 e. The first-order chi connectivity index (χ1) is 70.2. The number of benzene rings is 3. The van der Waals surface area contributed by atoms with Gasteiger partial charge in [0.25, 0.3) is 0 Å². The number of rotatable bonds is 42. The molecule has 3 aliphatic heterocycles. The predicted molar refractivity (Wildman–Crippen MR) is 534 cm³/mol. The van der Waals surface area contributed by atoms with Gasteiger partial charge < -0.3 is 131 Å². The lowest BCUT2D eigenvalue weighted by atomic mass is 9.97. The summed E-state index contributed by atoms with van der Waals surface area (Å²) < 4.78 is 0. The molecule has 7 aromatic rings. The van der Waals surface area contributed by atoms with Crippen molar-refractivity contribution in [1.29, 1.82) is 0 Å². The number of carboxylic acid groups (broad SMARTS) is 4. The molecule has 16 amide bonds. The minimum Gasteiger partial charge on any atom is -0.481 e. The zero-order valence-electron chi connectivity index (χ0n) is 81.5. The Balaban J connectivity index is 0.906. The van der Waals surface area contributed by atoms with E-state index in [1.165, 1.54) is 30.5 Å². The second-order valence-electron chi connectivity index (χ2n) is 36.5. The van der Waals surface area contributed by atoms with E-state index in [9.17, 15) is 92.7 Å². The summed E-state index contributed by atoms with van der Waals surface area (Å²) in [6, 6.07) is -0.463. The van der Waals surface area contributed by atoms with Gasteiger partial charge in [0, 0.05) is 177 Å². The molecule has 3 aliphatic rings. The van der Waals surface area contributed by atoms with Gasteiger partial charge in [-0.05, 0) is 73.4 Å². The monoisotopic (exact) mass is 2080 g/mol. The molecule has 0 saturated carbocycles. The fraction of sp³-hybridized carbons (Fsp3) is 0.505. The Bertz CT molecular complexity index is 5810. The highest BCUT2D eigenvalue weighted by Gasteiger charge is 2.43. The third-order valence-electron chi connectivity index (χ3n) is 25.4. The van der Waals surface area contributed by atoms with E-state index in [0.717, 1.165) is 30.4 Å². The second-order valence-corrected chi connectivity index (χ2v) is 38.9. The van der Waals surface area contributed by atoms with Gasteiger partial charge in [-0.25, -0.2) is 4.98 Å². The number of aliphatic carboxylic acids is 4. The summed E-state index contributed by atoms with van der Waals surface area (Å²) in [6.07, 6.45) is 2.36. The van der Waals surface area contributed by atoms with Crippen molar-refractivity contribution in [1.82, 2.24) is 113 Å². The first kappa shape index (κ1) is 114. The third-order valence-corrected chi connectivity index (χ3v) is 27.9. The number of amides is 16. The highest BCUT2D eigenvalue weighted by atomic mass is 32.2. The van der Waals surface area contributed by atoms with Gasteiger partial charge in [-0.2, -0.15) is 0 Å². The van der Waals surface area contributed by atoms with Gasteiger partial charge in [0.05, 0.1) is 57.9 Å². The molecule has 3 saturated heterocycles. The van der Waals surface area contributed by atoms with Gasteiger partial charge in [0.1, 0.15) is 72.5 Å². The Kier molecular flexibility index (Phi) is 43.7. The second kappa shape index (κ2) is 56.2. The van der Waals surface area contributed by atoms with Crippen LogP contribution in [0.15, 0.2) is 104 Å². The number of likely N-dealkylation sites (tertiary alicyclic amines) is 1. The maximum absolute atomic E-state index is 15.4. The van der Waals surface area contributed by atoms with Crippen LogP contribution in [0.1, 0.15) is 107 Å². The number of primary amides is 3. The number of imidazole rings is 1. The summed E-state index contributed by atoms with van der Waals surface area (Å²) >= 11 is 1.72. The number of fused-ring (bicyclic) bond motifs is 3. The van der Waals surface area contributed by atoms with E-state index in [4.69, 9.17) is 17.2 Å². The van der Waals surface area contributed by atoms with Crippen molar-refractivity contribution in [2.45, 2.75) is 189 Å². The molecule has 147 heavy (non-hydrogen) atoms. The van der Waals surface area contributed by atoms with Crippen LogP contribution in [0.5, 0.6) is 0 Å². The van der Waals surface area contributed by atoms with Crippen molar-refractivity contribution in [3.63, 3.8) is 0 Å². The Labute approximate surface area is 851 Å². The molecule has 0 aliphatic carbocycles. The zero-order valence-corrected chi connectivity index (χ0v) is 83.1. The summed E-state index contributed by atoms with van der Waals surface area (Å²) in [6.45, 7) is 4.80. The number of aromatic nitrogens is 5. The lowest BCUT2D eigenvalue weighted by molar-refractivity contribution is -0.142. The topological polar surface area (TPSA) is 757 Å². The highest BCUT2D eigenvalue weighted by molar-refractivity contribution is 8.16. The van der Waals surface area contributed by atoms with E-state index in [1.54, 1.807) is 112 Å². The minimum atomic E-state index is -2.10. The number of thioether (sulfide) groups is 2. The average Bonchev–Trinajstić information content (AvgIpc) is 1.68. The highest BCUT2D eigenvalue weighted by Crippen LogP contribution is 2.27. The molecule has 3 aromatic carbocycles. The number of aliphatic hydroxyl groups excluding tert-OH is 1. The van der Waals surface area contributed by atoms with E-state index in [0.29, 0.717) is 68.7 Å². The summed E-state index contributed by atoms with van der Waals surface area (Å²) in [7, 11) is 0. The average molecular weight is 2090 g/mol. The van der Waals surface area contributed by atoms with E-state index in [1.807, 2.05) is 0 Å². The van der Waals surface area contributed by atoms with E-state index >= 15 is 28.8 Å². The lowest BCUT2D eigenvalue weighted by Gasteiger charge is -2.32. The molecule has 3 fully saturated rings. The van der Waals surface area contributed by atoms with Crippen LogP contribution in [0.4, 0.5) is 0 Å². The molecule has 27 N–H and O–H groups in total. The Morgan fingerprint density at radius 2 is 0.939 bits per heavy atom. The molecule has 10 rings (SSSR count). The Morgan fingerprint density at radius 1 is 0.476 bits per heavy atom. The number of nitrogens with two attached hydrogens (primary N) is 3. The molecule has 4 aromatic heterocycles. The fourth-order valence-corrected chi connectivity index (χ4v) is 19.6. The van der Waals surface area contributed by atoms with Gasteiger partial charge in [0.15, 0.2) is 0 Å². The number of para-hydroxylation sites is 3. The van der Waals surface area contributed by atoms with Crippen LogP contribution in [0.2, 0.25) is 0 Å². The van der Waals surface area contributed by atoms with E-state index in [-0.39, 0.29) is 141 Å². The van der Waals surface area contributed by atoms with Crippen LogP contribution in [0, 0.1) is 5.92 Å². The molecule has 14 atom stereocenters. The molecule has 0 bridgehead atoms. The summed E-state index contributed by atoms with van der Waals surface area (Å²) in [4.78, 5) is 305. The van der Waals surface area contributed by atoms with Crippen molar-refractivity contribution in [2.75, 3.05) is 108 Å². The molecule has 7 heterocycles. The summed E-state index contributed by atoms with van der Waals surface area (Å²) in [5.74, 6) is -24.0. The number of carbonyl (C=O) groups excluding carboxylic acids is 16. The third kappa shape index (κ3) is 35.4. The number of carboxylic acids is 4. The van der Waals surface area contributed by atoms with Crippen LogP contribution in [-0.2, 0) is 122 Å². The largest absolute Gasteiger partial charge is 0.481 e. The first-order valence-corrected chi connectivity index (χ1v) is 50.5. The van der Waals surface area contributed by atoms with Crippen molar-refractivity contribution in [3.05, 3.63) is 126 Å². The number of carbonyl (C=O) groups is 20. The minimum absolute atomic E-state index is 0.0431. The van der Waals surface area contributed by atoms with Crippen molar-refractivity contribution in [2.24, 2.45) is 23.1 Å². The number of nitrogens with one attached hydrogen (secondary N) is 16. The van der Waals surface area contributed by atoms with Crippen molar-refractivity contribution < 1.29 is 121 Å². The molecule has 50 nitrogen and oxygen atoms in total. The molecule has 0 radical (unpaired) electrons. The van der Waals surface area contributed by atoms with Crippen molar-refractivity contribution >= 4 is 175 Å². The smallest absolute Gasteiger partial charge is 0.317 e.